The van der Waals surface area contributed by atoms with E-state index in [0.29, 0.717) is 61.5 Å². The molecular formula is C27H33F2N7O2. The monoisotopic (exact) mass is 525 g/mol. The Morgan fingerprint density at radius 3 is 2.55 bits per heavy atom. The Hall–Kier alpha value is -3.44. The van der Waals surface area contributed by atoms with E-state index in [1.807, 2.05) is 9.91 Å². The van der Waals surface area contributed by atoms with Crippen LogP contribution >= 0.6 is 0 Å². The molecule has 2 N–H and O–H groups in total. The summed E-state index contributed by atoms with van der Waals surface area (Å²) in [5, 5.41) is 1.82. The Morgan fingerprint density at radius 1 is 1.08 bits per heavy atom. The van der Waals surface area contributed by atoms with Gasteiger partial charge in [0.05, 0.1) is 11.2 Å². The number of aromatic nitrogens is 3. The molecule has 9 nitrogen and oxygen atoms in total. The van der Waals surface area contributed by atoms with Crippen molar-refractivity contribution in [3.05, 3.63) is 63.3 Å². The molecule has 5 rings (SSSR count). The van der Waals surface area contributed by atoms with Crippen molar-refractivity contribution >= 4 is 22.6 Å². The minimum Gasteiger partial charge on any atom is -0.365 e. The first-order chi connectivity index (χ1) is 18.4. The summed E-state index contributed by atoms with van der Waals surface area (Å²) in [6.45, 7) is 6.18. The van der Waals surface area contributed by atoms with Crippen molar-refractivity contribution in [3.63, 3.8) is 0 Å². The summed E-state index contributed by atoms with van der Waals surface area (Å²) < 4.78 is 30.1. The number of aryl methyl sites for hydroxylation is 1. The van der Waals surface area contributed by atoms with Gasteiger partial charge in [0.25, 0.3) is 11.5 Å². The third-order valence-electron chi connectivity index (χ3n) is 7.29. The highest BCUT2D eigenvalue weighted by Gasteiger charge is 2.23. The van der Waals surface area contributed by atoms with Crippen LogP contribution in [0, 0.1) is 11.8 Å². The Bertz CT molecular complexity index is 1370. The number of rotatable bonds is 8. The van der Waals surface area contributed by atoms with E-state index >= 15 is 4.39 Å². The van der Waals surface area contributed by atoms with Gasteiger partial charge in [-0.05, 0) is 43.9 Å². The number of nitrogens with one attached hydrogen (secondary N) is 2. The van der Waals surface area contributed by atoms with Crippen molar-refractivity contribution in [2.24, 2.45) is 0 Å². The molecule has 0 aliphatic carbocycles. The van der Waals surface area contributed by atoms with E-state index in [0.717, 1.165) is 38.8 Å². The summed E-state index contributed by atoms with van der Waals surface area (Å²) in [5.74, 6) is -1.55. The third kappa shape index (κ3) is 5.68. The van der Waals surface area contributed by atoms with Gasteiger partial charge in [0.2, 0.25) is 5.95 Å². The van der Waals surface area contributed by atoms with Crippen LogP contribution in [0.3, 0.4) is 0 Å². The molecule has 0 saturated carbocycles. The molecule has 202 valence electrons. The van der Waals surface area contributed by atoms with Crippen LogP contribution in [0.4, 0.5) is 14.5 Å². The Morgan fingerprint density at radius 2 is 1.84 bits per heavy atom. The average molecular weight is 526 g/mol. The van der Waals surface area contributed by atoms with Crippen molar-refractivity contribution in [2.45, 2.75) is 45.6 Å². The Balaban J connectivity index is 1.21. The third-order valence-corrected chi connectivity index (χ3v) is 7.29. The molecule has 0 atom stereocenters. The van der Waals surface area contributed by atoms with Crippen LogP contribution in [-0.4, -0.2) is 70.0 Å². The number of nitrogens with zero attached hydrogens (tertiary/aromatic N) is 5. The Kier molecular flexibility index (Phi) is 7.94. The minimum atomic E-state index is -0.681. The molecule has 11 heteroatoms. The highest BCUT2D eigenvalue weighted by atomic mass is 19.1. The summed E-state index contributed by atoms with van der Waals surface area (Å²) >= 11 is 0. The van der Waals surface area contributed by atoms with E-state index in [-0.39, 0.29) is 16.8 Å². The summed E-state index contributed by atoms with van der Waals surface area (Å²) in [4.78, 5) is 39.7. The molecule has 38 heavy (non-hydrogen) atoms. The number of carbonyl (C=O) groups is 1. The van der Waals surface area contributed by atoms with Crippen LogP contribution in [0.15, 0.2) is 29.2 Å². The highest BCUT2D eigenvalue weighted by Crippen LogP contribution is 2.23. The summed E-state index contributed by atoms with van der Waals surface area (Å²) in [6, 6.07) is 4.81. The maximum absolute atomic E-state index is 15.3. The number of fused-ring (bicyclic) bond motifs is 1. The number of piperazine rings is 1. The fourth-order valence-corrected chi connectivity index (χ4v) is 5.06. The number of unbranched alkanes of at least 4 members (excludes halogenated alkanes) is 1. The highest BCUT2D eigenvalue weighted by molar-refractivity contribution is 5.92. The first-order valence-corrected chi connectivity index (χ1v) is 13.3. The molecule has 3 aromatic heterocycles. The maximum atomic E-state index is 15.3. The lowest BCUT2D eigenvalue weighted by molar-refractivity contribution is 0.0819. The Labute approximate surface area is 219 Å². The number of carbonyl (C=O) groups excluding carboxylic acids is 1. The fourth-order valence-electron chi connectivity index (χ4n) is 5.06. The van der Waals surface area contributed by atoms with Crippen LogP contribution in [0.25, 0.3) is 11.0 Å². The van der Waals surface area contributed by atoms with Crippen LogP contribution in [0.5, 0.6) is 0 Å². The minimum absolute atomic E-state index is 0.0478. The summed E-state index contributed by atoms with van der Waals surface area (Å²) in [7, 11) is 0. The van der Waals surface area contributed by atoms with Gasteiger partial charge in [-0.1, -0.05) is 13.3 Å². The summed E-state index contributed by atoms with van der Waals surface area (Å²) in [6.07, 6.45) is 6.07. The number of amides is 1. The zero-order valence-corrected chi connectivity index (χ0v) is 21.6. The van der Waals surface area contributed by atoms with Crippen LogP contribution in [0.1, 0.15) is 54.2 Å². The molecule has 2 saturated heterocycles. The first kappa shape index (κ1) is 26.2. The lowest BCUT2D eigenvalue weighted by atomic mass is 10.1. The number of hydrazine groups is 1. The zero-order chi connectivity index (χ0) is 26.6. The van der Waals surface area contributed by atoms with Crippen molar-refractivity contribution in [1.82, 2.24) is 30.3 Å². The van der Waals surface area contributed by atoms with E-state index in [9.17, 15) is 14.0 Å². The lowest BCUT2D eigenvalue weighted by Crippen LogP contribution is -2.46. The molecule has 0 aromatic carbocycles. The van der Waals surface area contributed by atoms with Gasteiger partial charge in [-0.25, -0.2) is 14.4 Å². The van der Waals surface area contributed by atoms with Gasteiger partial charge in [0, 0.05) is 63.1 Å². The van der Waals surface area contributed by atoms with Crippen molar-refractivity contribution in [2.75, 3.05) is 44.2 Å². The SMILES string of the molecule is CCCCc1cc2ncc(CN3CCN(c4ccc(C(=O)NN5CCCC5)nc4F)CC3)c(F)c2[nH]c1=O. The quantitative estimate of drug-likeness (QED) is 0.437. The zero-order valence-electron chi connectivity index (χ0n) is 21.6. The summed E-state index contributed by atoms with van der Waals surface area (Å²) in [5.41, 5.74) is 4.50. The second kappa shape index (κ2) is 11.5. The lowest BCUT2D eigenvalue weighted by Gasteiger charge is -2.36. The predicted molar refractivity (Wildman–Crippen MR) is 141 cm³/mol. The van der Waals surface area contributed by atoms with Gasteiger partial charge >= 0.3 is 0 Å². The number of hydrogen-bond acceptors (Lipinski definition) is 7. The molecular weight excluding hydrogens is 492 g/mol. The molecule has 0 radical (unpaired) electrons. The molecule has 0 spiro atoms. The average Bonchev–Trinajstić information content (AvgIpc) is 3.43. The van der Waals surface area contributed by atoms with E-state index in [4.69, 9.17) is 0 Å². The molecule has 1 amide bonds. The number of pyridine rings is 3. The van der Waals surface area contributed by atoms with E-state index in [2.05, 4.69) is 32.2 Å². The maximum Gasteiger partial charge on any atom is 0.284 e. The molecule has 2 aliphatic rings. The predicted octanol–water partition coefficient (Wildman–Crippen LogP) is 3.00. The largest absolute Gasteiger partial charge is 0.365 e. The fraction of sp³-hybridized carbons (Fsp3) is 0.481. The van der Waals surface area contributed by atoms with Crippen LogP contribution in [-0.2, 0) is 13.0 Å². The van der Waals surface area contributed by atoms with E-state index in [1.165, 1.54) is 6.20 Å². The van der Waals surface area contributed by atoms with Gasteiger partial charge < -0.3 is 9.88 Å². The number of anilines is 1. The standard InChI is InChI=1S/C27H33F2N7O2/c1-2-3-6-18-15-21-24(32-26(18)37)23(28)19(16-30-21)17-34-11-13-35(14-12-34)22-8-7-20(31-25(22)29)27(38)33-36-9-4-5-10-36/h7-8,15-16H,2-6,9-14,17H2,1H3,(H,32,37)(H,33,38). The van der Waals surface area contributed by atoms with Crippen molar-refractivity contribution in [3.8, 4) is 0 Å². The van der Waals surface area contributed by atoms with Gasteiger partial charge in [0.15, 0.2) is 5.82 Å². The molecule has 2 aliphatic heterocycles. The van der Waals surface area contributed by atoms with E-state index in [1.54, 1.807) is 18.2 Å². The van der Waals surface area contributed by atoms with Crippen LogP contribution < -0.4 is 15.9 Å². The second-order valence-corrected chi connectivity index (χ2v) is 9.99. The van der Waals surface area contributed by atoms with Gasteiger partial charge in [-0.15, -0.1) is 0 Å². The smallest absolute Gasteiger partial charge is 0.284 e. The normalized spacial score (nSPS) is 16.9. The second-order valence-electron chi connectivity index (χ2n) is 9.99. The van der Waals surface area contributed by atoms with Gasteiger partial charge in [-0.3, -0.25) is 24.9 Å². The van der Waals surface area contributed by atoms with Gasteiger partial charge in [-0.2, -0.15) is 4.39 Å². The molecule has 0 unspecified atom stereocenters. The molecule has 5 heterocycles. The molecule has 0 bridgehead atoms. The van der Waals surface area contributed by atoms with Crippen molar-refractivity contribution in [1.29, 1.82) is 0 Å². The number of aromatic amines is 1. The number of H-pyrrole nitrogens is 1. The van der Waals surface area contributed by atoms with Gasteiger partial charge in [0.1, 0.15) is 11.2 Å². The topological polar surface area (TPSA) is 97.5 Å². The van der Waals surface area contributed by atoms with E-state index < -0.39 is 17.7 Å². The first-order valence-electron chi connectivity index (χ1n) is 13.3. The molecule has 2 fully saturated rings. The number of halogens is 2. The van der Waals surface area contributed by atoms with Crippen LogP contribution in [0.2, 0.25) is 0 Å². The number of hydrogen-bond donors (Lipinski definition) is 2. The molecule has 3 aromatic rings. The van der Waals surface area contributed by atoms with Crippen molar-refractivity contribution < 1.29 is 13.6 Å².